The van der Waals surface area contributed by atoms with Crippen LogP contribution < -0.4 is 5.32 Å². The summed E-state index contributed by atoms with van der Waals surface area (Å²) in [5.74, 6) is -1.20. The first-order chi connectivity index (χ1) is 17.9. The van der Waals surface area contributed by atoms with Crippen molar-refractivity contribution in [3.63, 3.8) is 0 Å². The van der Waals surface area contributed by atoms with Crippen molar-refractivity contribution in [3.05, 3.63) is 113 Å². The molecule has 0 aliphatic heterocycles. The minimum Gasteiger partial charge on any atom is -0.480 e. The number of fused-ring (bicyclic) bond motifs is 3. The third-order valence-electron chi connectivity index (χ3n) is 7.10. The van der Waals surface area contributed by atoms with Crippen molar-refractivity contribution >= 4 is 12.1 Å². The van der Waals surface area contributed by atoms with Crippen LogP contribution in [0, 0.1) is 13.8 Å². The second-order valence-electron chi connectivity index (χ2n) is 9.41. The molecular formula is C30H29N3O4. The molecule has 7 heteroatoms. The minimum atomic E-state index is -1.11. The highest BCUT2D eigenvalue weighted by molar-refractivity contribution is 5.81. The number of pyridine rings is 1. The molecule has 1 amide bonds. The number of rotatable bonds is 8. The third-order valence-corrected chi connectivity index (χ3v) is 7.10. The molecule has 0 saturated heterocycles. The molecule has 1 atom stereocenters. The maximum Gasteiger partial charge on any atom is 0.407 e. The first-order valence-corrected chi connectivity index (χ1v) is 12.3. The van der Waals surface area contributed by atoms with Gasteiger partial charge in [-0.05, 0) is 59.4 Å². The quantitative estimate of drug-likeness (QED) is 0.356. The molecule has 188 valence electrons. The van der Waals surface area contributed by atoms with Crippen LogP contribution in [0.15, 0.2) is 79.1 Å². The zero-order valence-corrected chi connectivity index (χ0v) is 20.8. The molecule has 7 nitrogen and oxygen atoms in total. The minimum absolute atomic E-state index is 0.0900. The number of carboxylic acids is 1. The van der Waals surface area contributed by atoms with E-state index in [9.17, 15) is 14.7 Å². The number of carboxylic acid groups (broad SMARTS) is 1. The molecule has 2 heterocycles. The van der Waals surface area contributed by atoms with Crippen LogP contribution in [0.2, 0.25) is 0 Å². The molecular weight excluding hydrogens is 466 g/mol. The van der Waals surface area contributed by atoms with Crippen LogP contribution in [0.4, 0.5) is 4.79 Å². The number of benzene rings is 2. The van der Waals surface area contributed by atoms with Gasteiger partial charge in [0.1, 0.15) is 12.6 Å². The van der Waals surface area contributed by atoms with Crippen molar-refractivity contribution in [2.75, 3.05) is 6.61 Å². The lowest BCUT2D eigenvalue weighted by atomic mass is 9.98. The second kappa shape index (κ2) is 10.3. The second-order valence-corrected chi connectivity index (χ2v) is 9.41. The van der Waals surface area contributed by atoms with Crippen molar-refractivity contribution in [3.8, 4) is 11.1 Å². The normalized spacial score (nSPS) is 13.0. The highest BCUT2D eigenvalue weighted by atomic mass is 16.5. The molecule has 0 spiro atoms. The van der Waals surface area contributed by atoms with E-state index in [1.165, 1.54) is 0 Å². The van der Waals surface area contributed by atoms with E-state index in [4.69, 9.17) is 4.74 Å². The monoisotopic (exact) mass is 495 g/mol. The molecule has 0 bridgehead atoms. The maximum atomic E-state index is 12.7. The number of amides is 1. The molecule has 0 saturated carbocycles. The van der Waals surface area contributed by atoms with E-state index in [2.05, 4.69) is 27.0 Å². The fourth-order valence-electron chi connectivity index (χ4n) is 5.20. The Bertz CT molecular complexity index is 1400. The van der Waals surface area contributed by atoms with Crippen molar-refractivity contribution in [1.82, 2.24) is 14.9 Å². The molecule has 1 unspecified atom stereocenters. The van der Waals surface area contributed by atoms with Crippen molar-refractivity contribution in [2.24, 2.45) is 0 Å². The van der Waals surface area contributed by atoms with Gasteiger partial charge in [-0.3, -0.25) is 4.98 Å². The van der Waals surface area contributed by atoms with Gasteiger partial charge in [0, 0.05) is 42.7 Å². The largest absolute Gasteiger partial charge is 0.480 e. The molecule has 4 aromatic rings. The van der Waals surface area contributed by atoms with Gasteiger partial charge >= 0.3 is 12.1 Å². The van der Waals surface area contributed by atoms with E-state index in [0.717, 1.165) is 44.8 Å². The first-order valence-electron chi connectivity index (χ1n) is 12.3. The number of hydrogen-bond donors (Lipinski definition) is 2. The summed E-state index contributed by atoms with van der Waals surface area (Å²) in [6.45, 7) is 4.72. The fourth-order valence-corrected chi connectivity index (χ4v) is 5.20. The van der Waals surface area contributed by atoms with Crippen LogP contribution in [-0.2, 0) is 22.5 Å². The lowest BCUT2D eigenvalue weighted by Gasteiger charge is -2.18. The van der Waals surface area contributed by atoms with Crippen LogP contribution in [0.5, 0.6) is 0 Å². The molecule has 37 heavy (non-hydrogen) atoms. The molecule has 1 aliphatic rings. The van der Waals surface area contributed by atoms with E-state index in [-0.39, 0.29) is 18.9 Å². The molecule has 0 fully saturated rings. The van der Waals surface area contributed by atoms with Crippen LogP contribution in [0.3, 0.4) is 0 Å². The molecule has 2 aromatic carbocycles. The fraction of sp³-hybridized carbons (Fsp3) is 0.233. The predicted molar refractivity (Wildman–Crippen MR) is 141 cm³/mol. The standard InChI is InChI=1S/C30H29N3O4/c1-19-14-22(20(2)33(19)17-21-8-7-13-31-16-21)15-28(29(34)35)32-30(36)37-18-27-25-11-5-3-9-23(25)24-10-4-6-12-26(24)27/h3-14,16,27-28H,15,17-18H2,1-2H3,(H,32,36)(H,34,35). The smallest absolute Gasteiger partial charge is 0.407 e. The number of ether oxygens (including phenoxy) is 1. The topological polar surface area (TPSA) is 93.5 Å². The molecule has 1 aliphatic carbocycles. The number of alkyl carbamates (subject to hydrolysis) is 1. The summed E-state index contributed by atoms with van der Waals surface area (Å²) in [5, 5.41) is 12.4. The van der Waals surface area contributed by atoms with E-state index in [1.54, 1.807) is 6.20 Å². The van der Waals surface area contributed by atoms with Gasteiger partial charge in [-0.2, -0.15) is 0 Å². The number of aliphatic carboxylic acids is 1. The summed E-state index contributed by atoms with van der Waals surface area (Å²) in [5.41, 5.74) is 8.38. The summed E-state index contributed by atoms with van der Waals surface area (Å²) < 4.78 is 7.69. The van der Waals surface area contributed by atoms with Gasteiger partial charge in [-0.15, -0.1) is 0 Å². The van der Waals surface area contributed by atoms with Gasteiger partial charge in [-0.25, -0.2) is 9.59 Å². The lowest BCUT2D eigenvalue weighted by Crippen LogP contribution is -2.43. The van der Waals surface area contributed by atoms with E-state index >= 15 is 0 Å². The first kappa shape index (κ1) is 24.3. The van der Waals surface area contributed by atoms with Crippen molar-refractivity contribution in [2.45, 2.75) is 38.8 Å². The number of aryl methyl sites for hydroxylation is 1. The Balaban J connectivity index is 1.26. The summed E-state index contributed by atoms with van der Waals surface area (Å²) >= 11 is 0. The Morgan fingerprint density at radius 2 is 1.70 bits per heavy atom. The Labute approximate surface area is 215 Å². The van der Waals surface area contributed by atoms with Gasteiger partial charge in [0.15, 0.2) is 0 Å². The zero-order valence-electron chi connectivity index (χ0n) is 20.8. The number of hydrogen-bond acceptors (Lipinski definition) is 4. The lowest BCUT2D eigenvalue weighted by molar-refractivity contribution is -0.139. The Kier molecular flexibility index (Phi) is 6.77. The Morgan fingerprint density at radius 3 is 2.32 bits per heavy atom. The van der Waals surface area contributed by atoms with Gasteiger partial charge in [0.2, 0.25) is 0 Å². The van der Waals surface area contributed by atoms with Gasteiger partial charge in [-0.1, -0.05) is 54.6 Å². The van der Waals surface area contributed by atoms with Crippen molar-refractivity contribution in [1.29, 1.82) is 0 Å². The average Bonchev–Trinajstić information content (AvgIpc) is 3.36. The summed E-state index contributed by atoms with van der Waals surface area (Å²) in [7, 11) is 0. The molecule has 0 radical (unpaired) electrons. The summed E-state index contributed by atoms with van der Waals surface area (Å²) in [6, 6.07) is 20.9. The third kappa shape index (κ3) is 4.98. The Hall–Kier alpha value is -4.39. The van der Waals surface area contributed by atoms with Crippen LogP contribution in [-0.4, -0.2) is 39.4 Å². The number of nitrogens with one attached hydrogen (secondary N) is 1. The van der Waals surface area contributed by atoms with Gasteiger partial charge < -0.3 is 19.7 Å². The highest BCUT2D eigenvalue weighted by Gasteiger charge is 2.30. The summed E-state index contributed by atoms with van der Waals surface area (Å²) in [6.07, 6.45) is 2.97. The van der Waals surface area contributed by atoms with Gasteiger partial charge in [0.05, 0.1) is 0 Å². The Morgan fingerprint density at radius 1 is 1.03 bits per heavy atom. The summed E-state index contributed by atoms with van der Waals surface area (Å²) in [4.78, 5) is 28.9. The average molecular weight is 496 g/mol. The highest BCUT2D eigenvalue weighted by Crippen LogP contribution is 2.44. The zero-order chi connectivity index (χ0) is 25.9. The SMILES string of the molecule is Cc1cc(CC(NC(=O)OCC2c3ccccc3-c3ccccc32)C(=O)O)c(C)n1Cc1cccnc1. The van der Waals surface area contributed by atoms with Gasteiger partial charge in [0.25, 0.3) is 0 Å². The van der Waals surface area contributed by atoms with E-state index < -0.39 is 18.1 Å². The molecule has 5 rings (SSSR count). The molecule has 2 N–H and O–H groups in total. The van der Waals surface area contributed by atoms with E-state index in [1.807, 2.05) is 74.6 Å². The van der Waals surface area contributed by atoms with Crippen LogP contribution in [0.1, 0.15) is 39.6 Å². The number of carbonyl (C=O) groups is 2. The van der Waals surface area contributed by atoms with Crippen LogP contribution in [0.25, 0.3) is 11.1 Å². The number of nitrogens with zero attached hydrogens (tertiary/aromatic N) is 2. The number of aromatic nitrogens is 2. The van der Waals surface area contributed by atoms with E-state index in [0.29, 0.717) is 6.54 Å². The maximum absolute atomic E-state index is 12.7. The van der Waals surface area contributed by atoms with Crippen LogP contribution >= 0.6 is 0 Å². The molecule has 2 aromatic heterocycles. The van der Waals surface area contributed by atoms with Crippen molar-refractivity contribution < 1.29 is 19.4 Å². The predicted octanol–water partition coefficient (Wildman–Crippen LogP) is 5.08. The number of carbonyl (C=O) groups excluding carboxylic acids is 1.